The van der Waals surface area contributed by atoms with Gasteiger partial charge in [0, 0.05) is 5.38 Å². The molecule has 0 aromatic carbocycles. The van der Waals surface area contributed by atoms with Crippen LogP contribution in [0.15, 0.2) is 0 Å². The van der Waals surface area contributed by atoms with Crippen molar-refractivity contribution in [3.63, 3.8) is 0 Å². The molecule has 1 nitrogen and oxygen atoms in total. The van der Waals surface area contributed by atoms with Crippen molar-refractivity contribution in [2.45, 2.75) is 96.3 Å². The largest absolute Gasteiger partial charge is 0.317 e. The molecular weight excluding hydrogens is 254 g/mol. The third kappa shape index (κ3) is 16.2. The third-order valence-electron chi connectivity index (χ3n) is 3.78. The van der Waals surface area contributed by atoms with Gasteiger partial charge >= 0.3 is 0 Å². The normalized spacial score (nSPS) is 12.8. The molecule has 0 aliphatic rings. The molecule has 0 aliphatic carbocycles. The van der Waals surface area contributed by atoms with Gasteiger partial charge in [0.05, 0.1) is 0 Å². The number of unbranched alkanes of at least 4 members (excludes halogenated alkanes) is 9. The van der Waals surface area contributed by atoms with Crippen LogP contribution in [0.2, 0.25) is 0 Å². The van der Waals surface area contributed by atoms with Crippen molar-refractivity contribution in [2.24, 2.45) is 0 Å². The van der Waals surface area contributed by atoms with E-state index in [0.717, 1.165) is 19.4 Å². The fraction of sp³-hybridized carbons (Fsp3) is 1.00. The van der Waals surface area contributed by atoms with Crippen LogP contribution in [0.4, 0.5) is 0 Å². The van der Waals surface area contributed by atoms with Gasteiger partial charge in [-0.25, -0.2) is 0 Å². The van der Waals surface area contributed by atoms with Crippen LogP contribution in [0.5, 0.6) is 0 Å². The molecule has 19 heavy (non-hydrogen) atoms. The molecule has 0 radical (unpaired) electrons. The Labute approximate surface area is 126 Å². The van der Waals surface area contributed by atoms with Crippen LogP contribution in [0.3, 0.4) is 0 Å². The zero-order chi connectivity index (χ0) is 14.2. The summed E-state index contributed by atoms with van der Waals surface area (Å²) in [4.78, 5) is 0. The maximum Gasteiger partial charge on any atom is 0.0345 e. The van der Waals surface area contributed by atoms with Gasteiger partial charge in [-0.2, -0.15) is 0 Å². The van der Waals surface area contributed by atoms with Crippen molar-refractivity contribution in [3.05, 3.63) is 0 Å². The van der Waals surface area contributed by atoms with E-state index in [0.29, 0.717) is 5.38 Å². The van der Waals surface area contributed by atoms with Crippen LogP contribution >= 0.6 is 11.6 Å². The first kappa shape index (κ1) is 19.2. The average molecular weight is 290 g/mol. The third-order valence-corrected chi connectivity index (χ3v) is 4.31. The zero-order valence-electron chi connectivity index (χ0n) is 13.4. The lowest BCUT2D eigenvalue weighted by atomic mass is 10.1. The topological polar surface area (TPSA) is 12.0 Å². The lowest BCUT2D eigenvalue weighted by molar-refractivity contribution is 0.538. The highest BCUT2D eigenvalue weighted by Gasteiger charge is 1.99. The molecular formula is C17H36ClN. The molecule has 116 valence electrons. The molecule has 0 bridgehead atoms. The number of halogens is 1. The van der Waals surface area contributed by atoms with E-state index in [2.05, 4.69) is 19.2 Å². The maximum atomic E-state index is 6.07. The van der Waals surface area contributed by atoms with E-state index in [1.165, 1.54) is 70.8 Å². The molecule has 0 aliphatic heterocycles. The molecule has 0 rings (SSSR count). The van der Waals surface area contributed by atoms with Crippen molar-refractivity contribution >= 4 is 11.6 Å². The fourth-order valence-corrected chi connectivity index (χ4v) is 2.43. The summed E-state index contributed by atoms with van der Waals surface area (Å²) in [7, 11) is 0. The lowest BCUT2D eigenvalue weighted by Crippen LogP contribution is -2.19. The fourth-order valence-electron chi connectivity index (χ4n) is 2.33. The average Bonchev–Trinajstić information content (AvgIpc) is 2.43. The smallest absolute Gasteiger partial charge is 0.0345 e. The van der Waals surface area contributed by atoms with Crippen LogP contribution in [0.25, 0.3) is 0 Å². The SMILES string of the molecule is CCCCCCCCCCCCNCCC(Cl)CC. The number of rotatable bonds is 15. The highest BCUT2D eigenvalue weighted by atomic mass is 35.5. The molecule has 0 heterocycles. The van der Waals surface area contributed by atoms with Crippen LogP contribution in [-0.4, -0.2) is 18.5 Å². The van der Waals surface area contributed by atoms with E-state index >= 15 is 0 Å². The quantitative estimate of drug-likeness (QED) is 0.292. The van der Waals surface area contributed by atoms with Gasteiger partial charge in [-0.3, -0.25) is 0 Å². The second-order valence-corrected chi connectivity index (χ2v) is 6.34. The summed E-state index contributed by atoms with van der Waals surface area (Å²) in [5, 5.41) is 3.85. The number of hydrogen-bond donors (Lipinski definition) is 1. The number of nitrogens with one attached hydrogen (secondary N) is 1. The van der Waals surface area contributed by atoms with E-state index in [1.807, 2.05) is 0 Å². The van der Waals surface area contributed by atoms with Crippen molar-refractivity contribution in [3.8, 4) is 0 Å². The maximum absolute atomic E-state index is 6.07. The van der Waals surface area contributed by atoms with Gasteiger partial charge < -0.3 is 5.32 Å². The highest BCUT2D eigenvalue weighted by Crippen LogP contribution is 2.10. The molecule has 0 spiro atoms. The highest BCUT2D eigenvalue weighted by molar-refractivity contribution is 6.20. The molecule has 0 saturated heterocycles. The summed E-state index contributed by atoms with van der Waals surface area (Å²) < 4.78 is 0. The summed E-state index contributed by atoms with van der Waals surface area (Å²) in [6.45, 7) is 6.69. The monoisotopic (exact) mass is 289 g/mol. The molecule has 0 aromatic heterocycles. The summed E-state index contributed by atoms with van der Waals surface area (Å²) in [6.07, 6.45) is 16.3. The standard InChI is InChI=1S/C17H36ClN/c1-3-5-6-7-8-9-10-11-12-13-15-19-16-14-17(18)4-2/h17,19H,3-16H2,1-2H3. The van der Waals surface area contributed by atoms with Gasteiger partial charge in [-0.15, -0.1) is 11.6 Å². The van der Waals surface area contributed by atoms with Crippen molar-refractivity contribution in [1.29, 1.82) is 0 Å². The summed E-state index contributed by atoms with van der Waals surface area (Å²) >= 11 is 6.07. The van der Waals surface area contributed by atoms with Gasteiger partial charge in [-0.05, 0) is 32.4 Å². The Balaban J connectivity index is 2.95. The Hall–Kier alpha value is 0.250. The predicted octanol–water partition coefficient (Wildman–Crippen LogP) is 5.90. The predicted molar refractivity (Wildman–Crippen MR) is 89.3 cm³/mol. The molecule has 1 unspecified atom stereocenters. The van der Waals surface area contributed by atoms with Crippen molar-refractivity contribution < 1.29 is 0 Å². The molecule has 1 N–H and O–H groups in total. The van der Waals surface area contributed by atoms with E-state index in [9.17, 15) is 0 Å². The molecule has 0 saturated carbocycles. The van der Waals surface area contributed by atoms with Gasteiger partial charge in [0.25, 0.3) is 0 Å². The second kappa shape index (κ2) is 16.3. The Bertz CT molecular complexity index is 161. The first-order chi connectivity index (χ1) is 9.31. The van der Waals surface area contributed by atoms with Gasteiger partial charge in [0.15, 0.2) is 0 Å². The number of hydrogen-bond acceptors (Lipinski definition) is 1. The second-order valence-electron chi connectivity index (χ2n) is 5.73. The van der Waals surface area contributed by atoms with Gasteiger partial charge in [0.2, 0.25) is 0 Å². The van der Waals surface area contributed by atoms with Gasteiger partial charge in [-0.1, -0.05) is 71.6 Å². The van der Waals surface area contributed by atoms with Crippen LogP contribution in [-0.2, 0) is 0 Å². The zero-order valence-corrected chi connectivity index (χ0v) is 14.1. The molecule has 1 atom stereocenters. The van der Waals surface area contributed by atoms with E-state index < -0.39 is 0 Å². The van der Waals surface area contributed by atoms with Crippen LogP contribution < -0.4 is 5.32 Å². The Kier molecular flexibility index (Phi) is 16.5. The summed E-state index contributed by atoms with van der Waals surface area (Å²) in [6, 6.07) is 0. The summed E-state index contributed by atoms with van der Waals surface area (Å²) in [5.41, 5.74) is 0. The summed E-state index contributed by atoms with van der Waals surface area (Å²) in [5.74, 6) is 0. The van der Waals surface area contributed by atoms with Crippen LogP contribution in [0.1, 0.15) is 90.9 Å². The minimum Gasteiger partial charge on any atom is -0.317 e. The lowest BCUT2D eigenvalue weighted by Gasteiger charge is -2.07. The van der Waals surface area contributed by atoms with Crippen LogP contribution in [0, 0.1) is 0 Å². The first-order valence-electron chi connectivity index (χ1n) is 8.66. The molecule has 0 fully saturated rings. The van der Waals surface area contributed by atoms with Crippen molar-refractivity contribution in [1.82, 2.24) is 5.32 Å². The molecule has 2 heteroatoms. The van der Waals surface area contributed by atoms with E-state index in [-0.39, 0.29) is 0 Å². The Morgan fingerprint density at radius 2 is 1.26 bits per heavy atom. The Morgan fingerprint density at radius 3 is 1.79 bits per heavy atom. The minimum absolute atomic E-state index is 0.361. The number of alkyl halides is 1. The first-order valence-corrected chi connectivity index (χ1v) is 9.09. The van der Waals surface area contributed by atoms with E-state index in [4.69, 9.17) is 11.6 Å². The molecule has 0 amide bonds. The van der Waals surface area contributed by atoms with E-state index in [1.54, 1.807) is 0 Å². The van der Waals surface area contributed by atoms with Crippen molar-refractivity contribution in [2.75, 3.05) is 13.1 Å². The Morgan fingerprint density at radius 1 is 0.737 bits per heavy atom. The van der Waals surface area contributed by atoms with Gasteiger partial charge in [0.1, 0.15) is 0 Å². The molecule has 0 aromatic rings. The minimum atomic E-state index is 0.361.